The molecule has 0 heterocycles. The summed E-state index contributed by atoms with van der Waals surface area (Å²) in [4.78, 5) is 11.6. The summed E-state index contributed by atoms with van der Waals surface area (Å²) in [6, 6.07) is 19.1. The molecule has 0 aliphatic heterocycles. The number of rotatable bonds is 3. The lowest BCUT2D eigenvalue weighted by Crippen LogP contribution is -2.04. The first kappa shape index (κ1) is 13.8. The van der Waals surface area contributed by atoms with Crippen molar-refractivity contribution in [1.29, 1.82) is 0 Å². The first-order valence-electron chi connectivity index (χ1n) is 7.62. The maximum atomic E-state index is 11.6. The fraction of sp³-hybridized carbons (Fsp3) is 0.0952. The molecule has 0 radical (unpaired) electrons. The second-order valence-corrected chi connectivity index (χ2v) is 5.98. The third-order valence-electron chi connectivity index (χ3n) is 4.24. The van der Waals surface area contributed by atoms with Crippen LogP contribution >= 0.6 is 0 Å². The van der Waals surface area contributed by atoms with Crippen LogP contribution < -0.4 is 0 Å². The van der Waals surface area contributed by atoms with Gasteiger partial charge < -0.3 is 4.74 Å². The van der Waals surface area contributed by atoms with E-state index in [1.807, 2.05) is 0 Å². The van der Waals surface area contributed by atoms with Crippen molar-refractivity contribution in [2.24, 2.45) is 0 Å². The molecule has 4 aromatic carbocycles. The van der Waals surface area contributed by atoms with Crippen molar-refractivity contribution in [3.63, 3.8) is 0 Å². The van der Waals surface area contributed by atoms with Crippen molar-refractivity contribution in [2.75, 3.05) is 0 Å². The SMILES string of the molecule is C=C(C)C(=O)OCc1cc2ccc3cccc4ccc(c1)c2c34. The average Bonchev–Trinajstić information content (AvgIpc) is 2.57. The number of hydrogen-bond acceptors (Lipinski definition) is 2. The van der Waals surface area contributed by atoms with E-state index in [4.69, 9.17) is 4.74 Å². The summed E-state index contributed by atoms with van der Waals surface area (Å²) >= 11 is 0. The third-order valence-corrected chi connectivity index (χ3v) is 4.24. The Labute approximate surface area is 134 Å². The van der Waals surface area contributed by atoms with Crippen LogP contribution in [0.2, 0.25) is 0 Å². The third kappa shape index (κ3) is 2.23. The highest BCUT2D eigenvalue weighted by Crippen LogP contribution is 2.35. The summed E-state index contributed by atoms with van der Waals surface area (Å²) in [5, 5.41) is 7.43. The number of carbonyl (C=O) groups excluding carboxylic acids is 1. The molecule has 0 saturated heterocycles. The van der Waals surface area contributed by atoms with E-state index < -0.39 is 0 Å². The van der Waals surface area contributed by atoms with E-state index in [0.29, 0.717) is 5.57 Å². The number of carbonyl (C=O) groups is 1. The minimum absolute atomic E-state index is 0.266. The van der Waals surface area contributed by atoms with Crippen molar-refractivity contribution < 1.29 is 9.53 Å². The van der Waals surface area contributed by atoms with Crippen LogP contribution in [-0.4, -0.2) is 5.97 Å². The number of hydrogen-bond donors (Lipinski definition) is 0. The largest absolute Gasteiger partial charge is 0.457 e. The van der Waals surface area contributed by atoms with Gasteiger partial charge in [-0.2, -0.15) is 0 Å². The van der Waals surface area contributed by atoms with Gasteiger partial charge in [-0.05, 0) is 56.9 Å². The normalized spacial score (nSPS) is 11.3. The summed E-state index contributed by atoms with van der Waals surface area (Å²) in [5.74, 6) is -0.352. The van der Waals surface area contributed by atoms with Gasteiger partial charge in [-0.15, -0.1) is 0 Å². The number of benzene rings is 4. The fourth-order valence-corrected chi connectivity index (χ4v) is 3.17. The molecule has 0 spiro atoms. The van der Waals surface area contributed by atoms with Gasteiger partial charge in [0.25, 0.3) is 0 Å². The van der Waals surface area contributed by atoms with Gasteiger partial charge in [-0.25, -0.2) is 4.79 Å². The predicted octanol–water partition coefficient (Wildman–Crippen LogP) is 5.20. The van der Waals surface area contributed by atoms with E-state index in [1.165, 1.54) is 32.3 Å². The van der Waals surface area contributed by atoms with Gasteiger partial charge in [-0.3, -0.25) is 0 Å². The molecule has 0 saturated carbocycles. The summed E-state index contributed by atoms with van der Waals surface area (Å²) in [6.07, 6.45) is 0. The molecule has 23 heavy (non-hydrogen) atoms. The van der Waals surface area contributed by atoms with E-state index >= 15 is 0 Å². The molecule has 2 heteroatoms. The van der Waals surface area contributed by atoms with Gasteiger partial charge in [0.15, 0.2) is 0 Å². The lowest BCUT2D eigenvalue weighted by atomic mass is 9.93. The standard InChI is InChI=1S/C21H16O2/c1-13(2)21(22)23-12-14-10-17-8-6-15-4-3-5-16-7-9-18(11-14)20(17)19(15)16/h3-11H,1,12H2,2H3. The average molecular weight is 300 g/mol. The molecule has 0 N–H and O–H groups in total. The zero-order chi connectivity index (χ0) is 16.0. The molecular formula is C21H16O2. The Balaban J connectivity index is 1.86. The lowest BCUT2D eigenvalue weighted by molar-refractivity contribution is -0.140. The highest BCUT2D eigenvalue weighted by atomic mass is 16.5. The van der Waals surface area contributed by atoms with Crippen LogP contribution in [0.25, 0.3) is 32.3 Å². The Morgan fingerprint density at radius 3 is 2.00 bits per heavy atom. The molecule has 0 atom stereocenters. The molecule has 2 nitrogen and oxygen atoms in total. The Kier molecular flexibility index (Phi) is 3.05. The van der Waals surface area contributed by atoms with Crippen molar-refractivity contribution in [2.45, 2.75) is 13.5 Å². The molecule has 0 bridgehead atoms. The second-order valence-electron chi connectivity index (χ2n) is 5.98. The second kappa shape index (κ2) is 5.10. The van der Waals surface area contributed by atoms with Crippen LogP contribution in [0.4, 0.5) is 0 Å². The van der Waals surface area contributed by atoms with Gasteiger partial charge in [-0.1, -0.05) is 49.0 Å². The van der Waals surface area contributed by atoms with E-state index in [2.05, 4.69) is 61.2 Å². The van der Waals surface area contributed by atoms with Gasteiger partial charge in [0.05, 0.1) is 0 Å². The van der Waals surface area contributed by atoms with Gasteiger partial charge in [0.2, 0.25) is 0 Å². The van der Waals surface area contributed by atoms with Crippen LogP contribution in [0.1, 0.15) is 12.5 Å². The smallest absolute Gasteiger partial charge is 0.333 e. The van der Waals surface area contributed by atoms with E-state index in [1.54, 1.807) is 6.92 Å². The van der Waals surface area contributed by atoms with E-state index in [-0.39, 0.29) is 12.6 Å². The van der Waals surface area contributed by atoms with Crippen molar-refractivity contribution in [3.8, 4) is 0 Å². The highest BCUT2D eigenvalue weighted by Gasteiger charge is 2.10. The number of ether oxygens (including phenoxy) is 1. The maximum absolute atomic E-state index is 11.6. The van der Waals surface area contributed by atoms with Crippen LogP contribution in [0.5, 0.6) is 0 Å². The topological polar surface area (TPSA) is 26.3 Å². The lowest BCUT2D eigenvalue weighted by Gasteiger charge is -2.12. The highest BCUT2D eigenvalue weighted by molar-refractivity contribution is 6.23. The van der Waals surface area contributed by atoms with Crippen molar-refractivity contribution in [1.82, 2.24) is 0 Å². The van der Waals surface area contributed by atoms with Crippen LogP contribution in [0, 0.1) is 0 Å². The van der Waals surface area contributed by atoms with Gasteiger partial charge in [0, 0.05) is 5.57 Å². The predicted molar refractivity (Wildman–Crippen MR) is 94.8 cm³/mol. The molecule has 0 fully saturated rings. The zero-order valence-corrected chi connectivity index (χ0v) is 12.9. The number of esters is 1. The Morgan fingerprint density at radius 1 is 0.913 bits per heavy atom. The molecule has 4 rings (SSSR count). The Morgan fingerprint density at radius 2 is 1.43 bits per heavy atom. The van der Waals surface area contributed by atoms with E-state index in [0.717, 1.165) is 5.56 Å². The Hall–Kier alpha value is -2.87. The van der Waals surface area contributed by atoms with Gasteiger partial charge in [0.1, 0.15) is 6.61 Å². The fourth-order valence-electron chi connectivity index (χ4n) is 3.17. The Bertz CT molecular complexity index is 996. The summed E-state index contributed by atoms with van der Waals surface area (Å²) < 4.78 is 5.28. The summed E-state index contributed by atoms with van der Waals surface area (Å²) in [5.41, 5.74) is 1.41. The minimum atomic E-state index is -0.352. The zero-order valence-electron chi connectivity index (χ0n) is 12.9. The summed E-state index contributed by atoms with van der Waals surface area (Å²) in [6.45, 7) is 5.53. The molecule has 112 valence electrons. The summed E-state index contributed by atoms with van der Waals surface area (Å²) in [7, 11) is 0. The van der Waals surface area contributed by atoms with Crippen molar-refractivity contribution in [3.05, 3.63) is 72.3 Å². The van der Waals surface area contributed by atoms with Crippen LogP contribution in [-0.2, 0) is 16.1 Å². The van der Waals surface area contributed by atoms with Crippen molar-refractivity contribution >= 4 is 38.3 Å². The first-order valence-corrected chi connectivity index (χ1v) is 7.62. The maximum Gasteiger partial charge on any atom is 0.333 e. The molecule has 0 unspecified atom stereocenters. The minimum Gasteiger partial charge on any atom is -0.457 e. The molecular weight excluding hydrogens is 284 g/mol. The quantitative estimate of drug-likeness (QED) is 0.295. The van der Waals surface area contributed by atoms with Crippen LogP contribution in [0.3, 0.4) is 0 Å². The van der Waals surface area contributed by atoms with Gasteiger partial charge >= 0.3 is 5.97 Å². The first-order chi connectivity index (χ1) is 11.1. The molecule has 0 amide bonds. The molecule has 0 aliphatic carbocycles. The van der Waals surface area contributed by atoms with Crippen LogP contribution in [0.15, 0.2) is 66.7 Å². The molecule has 4 aromatic rings. The molecule has 0 aromatic heterocycles. The molecule has 0 aliphatic rings. The monoisotopic (exact) mass is 300 g/mol. The van der Waals surface area contributed by atoms with E-state index in [9.17, 15) is 4.79 Å².